The Morgan fingerprint density at radius 2 is 1.81 bits per heavy atom. The maximum Gasteiger partial charge on any atom is 0.295 e. The molecule has 0 spiro atoms. The lowest BCUT2D eigenvalue weighted by atomic mass is 9.97. The molecule has 190 valence electrons. The molecule has 1 amide bonds. The van der Waals surface area contributed by atoms with E-state index in [2.05, 4.69) is 0 Å². The van der Waals surface area contributed by atoms with Gasteiger partial charge in [0, 0.05) is 16.8 Å². The van der Waals surface area contributed by atoms with Crippen molar-refractivity contribution < 1.29 is 23.4 Å². The summed E-state index contributed by atoms with van der Waals surface area (Å²) in [6.07, 6.45) is 0.845. The lowest BCUT2D eigenvalue weighted by Crippen LogP contribution is -2.29. The second-order valence-electron chi connectivity index (χ2n) is 8.58. The van der Waals surface area contributed by atoms with E-state index in [0.29, 0.717) is 57.7 Å². The van der Waals surface area contributed by atoms with E-state index in [1.807, 2.05) is 32.0 Å². The first-order valence-corrected chi connectivity index (χ1v) is 12.5. The third-order valence-electron chi connectivity index (χ3n) is 6.21. The average molecular weight is 520 g/mol. The Bertz CT molecular complexity index is 1550. The van der Waals surface area contributed by atoms with Crippen LogP contribution in [0.5, 0.6) is 17.2 Å². The average Bonchev–Trinajstić information content (AvgIpc) is 3.21. The molecule has 0 radical (unpaired) electrons. The van der Waals surface area contributed by atoms with E-state index in [-0.39, 0.29) is 16.8 Å². The van der Waals surface area contributed by atoms with Crippen molar-refractivity contribution >= 4 is 34.2 Å². The van der Waals surface area contributed by atoms with Gasteiger partial charge in [0.2, 0.25) is 5.76 Å². The lowest BCUT2D eigenvalue weighted by molar-refractivity contribution is 0.0971. The van der Waals surface area contributed by atoms with Gasteiger partial charge in [0.1, 0.15) is 11.3 Å². The Morgan fingerprint density at radius 3 is 2.57 bits per heavy atom. The number of hydrogen-bond acceptors (Lipinski definition) is 6. The number of anilines is 1. The maximum absolute atomic E-state index is 13.8. The number of halogens is 1. The highest BCUT2D eigenvalue weighted by Crippen LogP contribution is 2.44. The molecule has 7 nitrogen and oxygen atoms in total. The Hall–Kier alpha value is -3.97. The molecule has 5 rings (SSSR count). The topological polar surface area (TPSA) is 78.2 Å². The zero-order valence-electron chi connectivity index (χ0n) is 20.7. The number of hydrogen-bond donors (Lipinski definition) is 0. The van der Waals surface area contributed by atoms with E-state index < -0.39 is 11.9 Å². The molecule has 0 bridgehead atoms. The maximum atomic E-state index is 13.8. The van der Waals surface area contributed by atoms with Crippen LogP contribution in [-0.2, 0) is 0 Å². The zero-order valence-corrected chi connectivity index (χ0v) is 21.5. The minimum absolute atomic E-state index is 0.00286. The van der Waals surface area contributed by atoms with Gasteiger partial charge in [0.25, 0.3) is 5.91 Å². The van der Waals surface area contributed by atoms with Gasteiger partial charge < -0.3 is 18.6 Å². The Kier molecular flexibility index (Phi) is 6.80. The molecule has 0 N–H and O–H groups in total. The molecule has 0 saturated carbocycles. The summed E-state index contributed by atoms with van der Waals surface area (Å²) < 4.78 is 23.2. The molecule has 1 unspecified atom stereocenters. The van der Waals surface area contributed by atoms with Crippen LogP contribution in [0.2, 0.25) is 5.02 Å². The highest BCUT2D eigenvalue weighted by molar-refractivity contribution is 6.31. The molecule has 8 heteroatoms. The van der Waals surface area contributed by atoms with Crippen LogP contribution in [0.1, 0.15) is 48.0 Å². The van der Waals surface area contributed by atoms with Gasteiger partial charge >= 0.3 is 0 Å². The fourth-order valence-corrected chi connectivity index (χ4v) is 4.75. The van der Waals surface area contributed by atoms with Crippen LogP contribution in [0.3, 0.4) is 0 Å². The fourth-order valence-electron chi connectivity index (χ4n) is 4.58. The minimum Gasteiger partial charge on any atom is -0.497 e. The number of ether oxygens (including phenoxy) is 3. The van der Waals surface area contributed by atoms with Gasteiger partial charge in [0.15, 0.2) is 16.9 Å². The summed E-state index contributed by atoms with van der Waals surface area (Å²) in [5, 5.41) is 0.714. The smallest absolute Gasteiger partial charge is 0.295 e. The first-order valence-electron chi connectivity index (χ1n) is 12.1. The third-order valence-corrected chi connectivity index (χ3v) is 6.44. The van der Waals surface area contributed by atoms with Gasteiger partial charge in [-0.3, -0.25) is 14.5 Å². The number of fused-ring (bicyclic) bond motifs is 2. The molecule has 1 aliphatic heterocycles. The predicted molar refractivity (Wildman–Crippen MR) is 143 cm³/mol. The van der Waals surface area contributed by atoms with Crippen LogP contribution >= 0.6 is 11.6 Å². The standard InChI is InChI=1S/C29H26ClNO6/c1-4-13-36-23-11-9-17(14-24(23)35-5-2)26-25-27(32)21-15-18(30)10-12-22(21)37-28(25)29(33)31(26)19-7-6-8-20(16-19)34-3/h6-12,14-16,26H,4-5,13H2,1-3H3. The molecule has 37 heavy (non-hydrogen) atoms. The van der Waals surface area contributed by atoms with Crippen molar-refractivity contribution in [1.82, 2.24) is 0 Å². The highest BCUT2D eigenvalue weighted by atomic mass is 35.5. The molecule has 1 atom stereocenters. The van der Waals surface area contributed by atoms with E-state index in [1.165, 1.54) is 0 Å². The van der Waals surface area contributed by atoms with Crippen LogP contribution in [0.4, 0.5) is 5.69 Å². The van der Waals surface area contributed by atoms with Crippen molar-refractivity contribution in [2.45, 2.75) is 26.3 Å². The summed E-state index contributed by atoms with van der Waals surface area (Å²) in [6.45, 7) is 4.88. The minimum atomic E-state index is -0.770. The number of amides is 1. The number of methoxy groups -OCH3 is 1. The molecular weight excluding hydrogens is 494 g/mol. The first-order chi connectivity index (χ1) is 18.0. The molecule has 1 aromatic heterocycles. The van der Waals surface area contributed by atoms with E-state index in [9.17, 15) is 9.59 Å². The van der Waals surface area contributed by atoms with E-state index in [4.69, 9.17) is 30.2 Å². The summed E-state index contributed by atoms with van der Waals surface area (Å²) in [4.78, 5) is 29.2. The van der Waals surface area contributed by atoms with E-state index >= 15 is 0 Å². The van der Waals surface area contributed by atoms with Crippen LogP contribution in [0.25, 0.3) is 11.0 Å². The SMILES string of the molecule is CCCOc1ccc(C2c3c(oc4ccc(Cl)cc4c3=O)C(=O)N2c2cccc(OC)c2)cc1OCC. The molecule has 4 aromatic rings. The summed E-state index contributed by atoms with van der Waals surface area (Å²) in [5.41, 5.74) is 1.47. The molecule has 3 aromatic carbocycles. The normalized spacial score (nSPS) is 14.6. The largest absolute Gasteiger partial charge is 0.497 e. The van der Waals surface area contributed by atoms with Crippen molar-refractivity contribution in [3.05, 3.63) is 92.8 Å². The number of benzene rings is 3. The molecule has 0 fully saturated rings. The van der Waals surface area contributed by atoms with Gasteiger partial charge in [-0.05, 0) is 61.4 Å². The quantitative estimate of drug-likeness (QED) is 0.268. The summed E-state index contributed by atoms with van der Waals surface area (Å²) in [5.74, 6) is 1.29. The Labute approximate surface area is 219 Å². The second-order valence-corrected chi connectivity index (χ2v) is 9.02. The van der Waals surface area contributed by atoms with E-state index in [0.717, 1.165) is 6.42 Å². The second kappa shape index (κ2) is 10.2. The number of rotatable bonds is 8. The highest BCUT2D eigenvalue weighted by Gasteiger charge is 2.44. The van der Waals surface area contributed by atoms with Crippen molar-refractivity contribution in [1.29, 1.82) is 0 Å². The summed E-state index contributed by atoms with van der Waals surface area (Å²) in [7, 11) is 1.56. The first kappa shape index (κ1) is 24.7. The molecule has 0 aliphatic carbocycles. The molecular formula is C29H26ClNO6. The molecule has 1 aliphatic rings. The summed E-state index contributed by atoms with van der Waals surface area (Å²) in [6, 6.07) is 16.6. The molecule has 2 heterocycles. The van der Waals surface area contributed by atoms with Gasteiger partial charge in [-0.15, -0.1) is 0 Å². The number of nitrogens with zero attached hydrogens (tertiary/aromatic N) is 1. The molecule has 0 saturated heterocycles. The summed E-state index contributed by atoms with van der Waals surface area (Å²) >= 11 is 6.19. The van der Waals surface area contributed by atoms with Crippen LogP contribution in [-0.4, -0.2) is 26.2 Å². The van der Waals surface area contributed by atoms with Crippen LogP contribution < -0.4 is 24.5 Å². The van der Waals surface area contributed by atoms with Crippen molar-refractivity contribution in [2.75, 3.05) is 25.2 Å². The van der Waals surface area contributed by atoms with Crippen LogP contribution in [0.15, 0.2) is 69.9 Å². The lowest BCUT2D eigenvalue weighted by Gasteiger charge is -2.26. The predicted octanol–water partition coefficient (Wildman–Crippen LogP) is 6.39. The Balaban J connectivity index is 1.76. The number of carbonyl (C=O) groups excluding carboxylic acids is 1. The van der Waals surface area contributed by atoms with Gasteiger partial charge in [0.05, 0.1) is 37.3 Å². The van der Waals surface area contributed by atoms with Gasteiger partial charge in [-0.1, -0.05) is 30.7 Å². The Morgan fingerprint density at radius 1 is 0.973 bits per heavy atom. The monoisotopic (exact) mass is 519 g/mol. The zero-order chi connectivity index (χ0) is 26.1. The van der Waals surface area contributed by atoms with Gasteiger partial charge in [-0.25, -0.2) is 0 Å². The van der Waals surface area contributed by atoms with Crippen LogP contribution in [0, 0.1) is 0 Å². The fraction of sp³-hybridized carbons (Fsp3) is 0.241. The van der Waals surface area contributed by atoms with Crippen molar-refractivity contribution in [2.24, 2.45) is 0 Å². The van der Waals surface area contributed by atoms with Crippen molar-refractivity contribution in [3.63, 3.8) is 0 Å². The van der Waals surface area contributed by atoms with E-state index in [1.54, 1.807) is 54.5 Å². The number of carbonyl (C=O) groups is 1. The van der Waals surface area contributed by atoms with Gasteiger partial charge in [-0.2, -0.15) is 0 Å². The van der Waals surface area contributed by atoms with Crippen molar-refractivity contribution in [3.8, 4) is 17.2 Å². The third kappa shape index (κ3) is 4.40.